The lowest BCUT2D eigenvalue weighted by molar-refractivity contribution is 0.398. The molecule has 0 unspecified atom stereocenters. The van der Waals surface area contributed by atoms with E-state index in [0.29, 0.717) is 16.8 Å². The van der Waals surface area contributed by atoms with Crippen LogP contribution in [0.5, 0.6) is 5.88 Å². The average Bonchev–Trinajstić information content (AvgIpc) is 2.17. The Morgan fingerprint density at radius 3 is 3.07 bits per heavy atom. The van der Waals surface area contributed by atoms with Gasteiger partial charge in [-0.25, -0.2) is 9.97 Å². The van der Waals surface area contributed by atoms with Crippen LogP contribution >= 0.6 is 11.6 Å². The highest BCUT2D eigenvalue weighted by molar-refractivity contribution is 6.28. The molecule has 0 aliphatic heterocycles. The molecule has 0 spiro atoms. The normalized spacial score (nSPS) is 10.4. The molecule has 6 heteroatoms. The van der Waals surface area contributed by atoms with Gasteiger partial charge >= 0.3 is 0 Å². The summed E-state index contributed by atoms with van der Waals surface area (Å²) in [6.07, 6.45) is 1.44. The smallest absolute Gasteiger partial charge is 0.259 e. The minimum Gasteiger partial charge on any atom is -0.481 e. The van der Waals surface area contributed by atoms with Gasteiger partial charge < -0.3 is 4.74 Å². The van der Waals surface area contributed by atoms with Crippen molar-refractivity contribution in [3.8, 4) is 5.88 Å². The SMILES string of the molecule is COc1cc2c(=O)[nH]c(Cl)nc2cn1. The number of H-pyrrole nitrogens is 1. The molecule has 2 heterocycles. The van der Waals surface area contributed by atoms with Crippen LogP contribution in [0.1, 0.15) is 0 Å². The van der Waals surface area contributed by atoms with Crippen LogP contribution in [-0.2, 0) is 0 Å². The summed E-state index contributed by atoms with van der Waals surface area (Å²) in [5.74, 6) is 0.368. The standard InChI is InChI=1S/C8H6ClN3O2/c1-14-6-2-4-5(3-10-6)11-8(9)12-7(4)13/h2-3H,1H3,(H,11,12,13). The van der Waals surface area contributed by atoms with Crippen molar-refractivity contribution >= 4 is 22.5 Å². The predicted octanol–water partition coefficient (Wildman–Crippen LogP) is 0.980. The van der Waals surface area contributed by atoms with Crippen molar-refractivity contribution < 1.29 is 4.74 Å². The molecule has 2 aromatic rings. The second kappa shape index (κ2) is 3.26. The van der Waals surface area contributed by atoms with Gasteiger partial charge in [0.05, 0.1) is 24.2 Å². The number of nitrogens with one attached hydrogen (secondary N) is 1. The van der Waals surface area contributed by atoms with Crippen molar-refractivity contribution in [2.75, 3.05) is 7.11 Å². The molecule has 72 valence electrons. The van der Waals surface area contributed by atoms with Crippen LogP contribution in [0.2, 0.25) is 5.28 Å². The van der Waals surface area contributed by atoms with Crippen molar-refractivity contribution in [2.45, 2.75) is 0 Å². The predicted molar refractivity (Wildman–Crippen MR) is 51.7 cm³/mol. The number of ether oxygens (including phenoxy) is 1. The van der Waals surface area contributed by atoms with Gasteiger partial charge in [-0.15, -0.1) is 0 Å². The third-order valence-corrected chi connectivity index (χ3v) is 1.93. The van der Waals surface area contributed by atoms with E-state index < -0.39 is 0 Å². The summed E-state index contributed by atoms with van der Waals surface area (Å²) in [5.41, 5.74) is 0.139. The van der Waals surface area contributed by atoms with Crippen molar-refractivity contribution in [1.29, 1.82) is 0 Å². The second-order valence-corrected chi connectivity index (χ2v) is 2.96. The van der Waals surface area contributed by atoms with Crippen LogP contribution in [0.3, 0.4) is 0 Å². The van der Waals surface area contributed by atoms with E-state index >= 15 is 0 Å². The maximum Gasteiger partial charge on any atom is 0.259 e. The number of methoxy groups -OCH3 is 1. The molecule has 0 fully saturated rings. The molecular weight excluding hydrogens is 206 g/mol. The Labute approximate surface area is 83.7 Å². The van der Waals surface area contributed by atoms with Crippen LogP contribution in [0.25, 0.3) is 10.9 Å². The largest absolute Gasteiger partial charge is 0.481 e. The minimum absolute atomic E-state index is 0.0504. The van der Waals surface area contributed by atoms with Gasteiger partial charge in [0.1, 0.15) is 0 Å². The van der Waals surface area contributed by atoms with E-state index in [9.17, 15) is 4.79 Å². The molecule has 0 radical (unpaired) electrons. The molecule has 0 bridgehead atoms. The van der Waals surface area contributed by atoms with E-state index in [-0.39, 0.29) is 10.8 Å². The summed E-state index contributed by atoms with van der Waals surface area (Å²) in [6, 6.07) is 1.51. The molecule has 2 rings (SSSR count). The Hall–Kier alpha value is -1.62. The Bertz CT molecular complexity index is 538. The summed E-state index contributed by atoms with van der Waals surface area (Å²) >= 11 is 5.57. The number of pyridine rings is 1. The van der Waals surface area contributed by atoms with Gasteiger partial charge in [-0.05, 0) is 11.6 Å². The molecule has 0 aromatic carbocycles. The quantitative estimate of drug-likeness (QED) is 0.714. The molecular formula is C8H6ClN3O2. The van der Waals surface area contributed by atoms with Crippen molar-refractivity contribution in [3.05, 3.63) is 27.9 Å². The number of hydrogen-bond acceptors (Lipinski definition) is 4. The van der Waals surface area contributed by atoms with E-state index in [0.717, 1.165) is 0 Å². The number of halogens is 1. The highest BCUT2D eigenvalue weighted by Crippen LogP contribution is 2.13. The maximum atomic E-state index is 11.4. The summed E-state index contributed by atoms with van der Waals surface area (Å²) in [4.78, 5) is 21.6. The zero-order chi connectivity index (χ0) is 10.1. The fourth-order valence-corrected chi connectivity index (χ4v) is 1.28. The monoisotopic (exact) mass is 211 g/mol. The van der Waals surface area contributed by atoms with Gasteiger partial charge in [-0.2, -0.15) is 0 Å². The number of rotatable bonds is 1. The summed E-state index contributed by atoms with van der Waals surface area (Å²) in [5, 5.41) is 0.454. The van der Waals surface area contributed by atoms with Crippen LogP contribution in [0.15, 0.2) is 17.1 Å². The highest BCUT2D eigenvalue weighted by atomic mass is 35.5. The van der Waals surface area contributed by atoms with Crippen LogP contribution in [0, 0.1) is 0 Å². The fourth-order valence-electron chi connectivity index (χ4n) is 1.11. The summed E-state index contributed by atoms with van der Waals surface area (Å²) < 4.78 is 4.88. The lowest BCUT2D eigenvalue weighted by Crippen LogP contribution is -2.08. The highest BCUT2D eigenvalue weighted by Gasteiger charge is 2.04. The molecule has 5 nitrogen and oxygen atoms in total. The van der Waals surface area contributed by atoms with Gasteiger partial charge in [-0.3, -0.25) is 9.78 Å². The number of aromatic amines is 1. The average molecular weight is 212 g/mol. The van der Waals surface area contributed by atoms with E-state index in [1.165, 1.54) is 19.4 Å². The van der Waals surface area contributed by atoms with E-state index in [1.54, 1.807) is 0 Å². The summed E-state index contributed by atoms with van der Waals surface area (Å²) in [6.45, 7) is 0. The van der Waals surface area contributed by atoms with Crippen molar-refractivity contribution in [2.24, 2.45) is 0 Å². The summed E-state index contributed by atoms with van der Waals surface area (Å²) in [7, 11) is 1.48. The second-order valence-electron chi connectivity index (χ2n) is 2.60. The van der Waals surface area contributed by atoms with Gasteiger partial charge in [0, 0.05) is 6.07 Å². The molecule has 0 saturated heterocycles. The van der Waals surface area contributed by atoms with Gasteiger partial charge in [0.15, 0.2) is 0 Å². The Morgan fingerprint density at radius 1 is 1.57 bits per heavy atom. The molecule has 14 heavy (non-hydrogen) atoms. The Balaban J connectivity index is 2.82. The Kier molecular flexibility index (Phi) is 2.09. The topological polar surface area (TPSA) is 67.9 Å². The zero-order valence-electron chi connectivity index (χ0n) is 7.24. The van der Waals surface area contributed by atoms with E-state index in [1.807, 2.05) is 0 Å². The third-order valence-electron chi connectivity index (χ3n) is 1.75. The molecule has 2 aromatic heterocycles. The number of hydrogen-bond donors (Lipinski definition) is 1. The first-order chi connectivity index (χ1) is 6.70. The molecule has 1 N–H and O–H groups in total. The third kappa shape index (κ3) is 1.42. The number of nitrogens with zero attached hydrogens (tertiary/aromatic N) is 2. The maximum absolute atomic E-state index is 11.4. The first kappa shape index (κ1) is 8.96. The Morgan fingerprint density at radius 2 is 2.36 bits per heavy atom. The molecule has 0 aliphatic carbocycles. The lowest BCUT2D eigenvalue weighted by Gasteiger charge is -1.99. The fraction of sp³-hybridized carbons (Fsp3) is 0.125. The molecule has 0 amide bonds. The van der Waals surface area contributed by atoms with Gasteiger partial charge in [0.25, 0.3) is 5.56 Å². The zero-order valence-corrected chi connectivity index (χ0v) is 8.00. The van der Waals surface area contributed by atoms with Crippen molar-refractivity contribution in [1.82, 2.24) is 15.0 Å². The van der Waals surface area contributed by atoms with Gasteiger partial charge in [0.2, 0.25) is 11.2 Å². The minimum atomic E-state index is -0.305. The molecule has 0 atom stereocenters. The van der Waals surface area contributed by atoms with Crippen LogP contribution in [0.4, 0.5) is 0 Å². The number of aromatic nitrogens is 3. The van der Waals surface area contributed by atoms with Gasteiger partial charge in [-0.1, -0.05) is 0 Å². The first-order valence-corrected chi connectivity index (χ1v) is 4.18. The lowest BCUT2D eigenvalue weighted by atomic mass is 10.3. The number of fused-ring (bicyclic) bond motifs is 1. The van der Waals surface area contributed by atoms with Crippen LogP contribution in [-0.4, -0.2) is 22.1 Å². The first-order valence-electron chi connectivity index (χ1n) is 3.80. The van der Waals surface area contributed by atoms with Crippen molar-refractivity contribution in [3.63, 3.8) is 0 Å². The van der Waals surface area contributed by atoms with E-state index in [2.05, 4.69) is 15.0 Å². The molecule has 0 aliphatic rings. The van der Waals surface area contributed by atoms with Crippen LogP contribution < -0.4 is 10.3 Å². The van der Waals surface area contributed by atoms with E-state index in [4.69, 9.17) is 16.3 Å². The molecule has 0 saturated carbocycles.